The summed E-state index contributed by atoms with van der Waals surface area (Å²) in [6.07, 6.45) is 4.65. The normalized spacial score (nSPS) is 23.7. The van der Waals surface area contributed by atoms with Crippen LogP contribution in [0.5, 0.6) is 0 Å². The quantitative estimate of drug-likeness (QED) is 0.816. The summed E-state index contributed by atoms with van der Waals surface area (Å²) in [6.45, 7) is 5.26. The first-order valence-electron chi connectivity index (χ1n) is 9.82. The molecular weight excluding hydrogens is 328 g/mol. The molecule has 3 aliphatic rings. The average Bonchev–Trinajstić information content (AvgIpc) is 3.52. The van der Waals surface area contributed by atoms with E-state index in [1.807, 2.05) is 0 Å². The number of nitrogens with one attached hydrogen (secondary N) is 1. The van der Waals surface area contributed by atoms with Gasteiger partial charge in [-0.05, 0) is 68.1 Å². The minimum Gasteiger partial charge on any atom is -0.442 e. The number of ether oxygens (including phenoxy) is 1. The van der Waals surface area contributed by atoms with Gasteiger partial charge in [-0.25, -0.2) is 4.79 Å². The van der Waals surface area contributed by atoms with E-state index < -0.39 is 0 Å². The number of hydrogen-bond donors (Lipinski definition) is 1. The molecule has 1 aliphatic heterocycles. The molecule has 1 saturated heterocycles. The Morgan fingerprint density at radius 3 is 2.65 bits per heavy atom. The number of rotatable bonds is 7. The molecule has 2 unspecified atom stereocenters. The van der Waals surface area contributed by atoms with E-state index in [4.69, 9.17) is 4.74 Å². The molecule has 0 radical (unpaired) electrons. The molecule has 1 aromatic carbocycles. The van der Waals surface area contributed by atoms with Crippen LogP contribution in [0.4, 0.5) is 4.79 Å². The van der Waals surface area contributed by atoms with E-state index in [2.05, 4.69) is 37.4 Å². The molecule has 26 heavy (non-hydrogen) atoms. The molecule has 1 N–H and O–H groups in total. The van der Waals surface area contributed by atoms with E-state index in [1.54, 1.807) is 4.90 Å². The number of benzene rings is 1. The highest BCUT2D eigenvalue weighted by molar-refractivity contribution is 5.77. The average molecular weight is 356 g/mol. The first-order valence-corrected chi connectivity index (χ1v) is 9.82. The van der Waals surface area contributed by atoms with Crippen molar-refractivity contribution in [3.63, 3.8) is 0 Å². The highest BCUT2D eigenvalue weighted by Crippen LogP contribution is 2.44. The van der Waals surface area contributed by atoms with Gasteiger partial charge in [-0.15, -0.1) is 0 Å². The van der Waals surface area contributed by atoms with Crippen LogP contribution in [0, 0.1) is 19.8 Å². The van der Waals surface area contributed by atoms with Gasteiger partial charge >= 0.3 is 6.09 Å². The second-order valence-electron chi connectivity index (χ2n) is 8.19. The summed E-state index contributed by atoms with van der Waals surface area (Å²) in [4.78, 5) is 26.1. The SMILES string of the molecule is Cc1ccc(C(CC(=O)NCC2CN(C3CC3)C(=O)O2)C2CC2)cc1C. The Morgan fingerprint density at radius 1 is 1.23 bits per heavy atom. The number of aryl methyl sites for hydroxylation is 2. The second-order valence-corrected chi connectivity index (χ2v) is 8.19. The number of cyclic esters (lactones) is 1. The molecule has 4 rings (SSSR count). The van der Waals surface area contributed by atoms with Gasteiger partial charge in [0.1, 0.15) is 6.10 Å². The van der Waals surface area contributed by atoms with Crippen molar-refractivity contribution in [2.24, 2.45) is 5.92 Å². The van der Waals surface area contributed by atoms with Crippen LogP contribution in [0.25, 0.3) is 0 Å². The molecule has 0 aromatic heterocycles. The van der Waals surface area contributed by atoms with E-state index >= 15 is 0 Å². The third-order valence-electron chi connectivity index (χ3n) is 5.97. The fourth-order valence-corrected chi connectivity index (χ4v) is 3.88. The third kappa shape index (κ3) is 3.87. The van der Waals surface area contributed by atoms with E-state index in [-0.39, 0.29) is 18.1 Å². The molecular formula is C21H28N2O3. The van der Waals surface area contributed by atoms with Gasteiger partial charge in [0.25, 0.3) is 0 Å². The van der Waals surface area contributed by atoms with Gasteiger partial charge in [0.15, 0.2) is 0 Å². The van der Waals surface area contributed by atoms with Crippen molar-refractivity contribution in [2.45, 2.75) is 64.0 Å². The maximum Gasteiger partial charge on any atom is 0.410 e. The van der Waals surface area contributed by atoms with Crippen LogP contribution < -0.4 is 5.32 Å². The minimum absolute atomic E-state index is 0.0565. The number of nitrogens with zero attached hydrogens (tertiary/aromatic N) is 1. The molecule has 5 heteroatoms. The minimum atomic E-state index is -0.224. The van der Waals surface area contributed by atoms with Crippen LogP contribution in [0.3, 0.4) is 0 Å². The van der Waals surface area contributed by atoms with Crippen LogP contribution in [0.15, 0.2) is 18.2 Å². The van der Waals surface area contributed by atoms with E-state index in [1.165, 1.54) is 29.5 Å². The van der Waals surface area contributed by atoms with Gasteiger partial charge in [-0.3, -0.25) is 4.79 Å². The summed E-state index contributed by atoms with van der Waals surface area (Å²) in [5, 5.41) is 2.99. The van der Waals surface area contributed by atoms with Gasteiger partial charge < -0.3 is 15.0 Å². The van der Waals surface area contributed by atoms with E-state index in [9.17, 15) is 9.59 Å². The number of amides is 2. The predicted octanol–water partition coefficient (Wildman–Crippen LogP) is 3.29. The molecule has 2 amide bonds. The Bertz CT molecular complexity index is 709. The highest BCUT2D eigenvalue weighted by Gasteiger charge is 2.41. The summed E-state index contributed by atoms with van der Waals surface area (Å²) in [6, 6.07) is 6.93. The molecule has 1 aromatic rings. The Labute approximate surface area is 155 Å². The highest BCUT2D eigenvalue weighted by atomic mass is 16.6. The maximum atomic E-state index is 12.5. The topological polar surface area (TPSA) is 58.6 Å². The van der Waals surface area contributed by atoms with Crippen molar-refractivity contribution in [2.75, 3.05) is 13.1 Å². The van der Waals surface area contributed by atoms with E-state index in [0.717, 1.165) is 12.8 Å². The van der Waals surface area contributed by atoms with Crippen LogP contribution in [0.1, 0.15) is 54.7 Å². The summed E-state index contributed by atoms with van der Waals surface area (Å²) >= 11 is 0. The lowest BCUT2D eigenvalue weighted by Gasteiger charge is -2.18. The van der Waals surface area contributed by atoms with Gasteiger partial charge in [-0.1, -0.05) is 18.2 Å². The smallest absolute Gasteiger partial charge is 0.410 e. The van der Waals surface area contributed by atoms with Gasteiger partial charge in [0.05, 0.1) is 13.1 Å². The molecule has 3 fully saturated rings. The van der Waals surface area contributed by atoms with Crippen molar-refractivity contribution < 1.29 is 14.3 Å². The third-order valence-corrected chi connectivity index (χ3v) is 5.97. The van der Waals surface area contributed by atoms with Gasteiger partial charge in [0.2, 0.25) is 5.91 Å². The summed E-state index contributed by atoms with van der Waals surface area (Å²) < 4.78 is 5.38. The maximum absolute atomic E-state index is 12.5. The molecule has 0 bridgehead atoms. The van der Waals surface area contributed by atoms with Crippen LogP contribution in [-0.4, -0.2) is 42.1 Å². The lowest BCUT2D eigenvalue weighted by atomic mass is 9.89. The molecule has 2 aliphatic carbocycles. The molecule has 1 heterocycles. The van der Waals surface area contributed by atoms with E-state index in [0.29, 0.717) is 37.4 Å². The van der Waals surface area contributed by atoms with Crippen molar-refractivity contribution in [3.05, 3.63) is 34.9 Å². The Balaban J connectivity index is 1.31. The van der Waals surface area contributed by atoms with Crippen LogP contribution >= 0.6 is 0 Å². The number of carbonyl (C=O) groups is 2. The van der Waals surface area contributed by atoms with Crippen molar-refractivity contribution >= 4 is 12.0 Å². The summed E-state index contributed by atoms with van der Waals surface area (Å²) in [5.74, 6) is 0.974. The fourth-order valence-electron chi connectivity index (χ4n) is 3.88. The zero-order valence-corrected chi connectivity index (χ0v) is 15.7. The van der Waals surface area contributed by atoms with Gasteiger partial charge in [-0.2, -0.15) is 0 Å². The first-order chi connectivity index (χ1) is 12.5. The molecule has 5 nitrogen and oxygen atoms in total. The number of carbonyl (C=O) groups excluding carboxylic acids is 2. The van der Waals surface area contributed by atoms with Crippen molar-refractivity contribution in [1.29, 1.82) is 0 Å². The van der Waals surface area contributed by atoms with Crippen LogP contribution in [-0.2, 0) is 9.53 Å². The molecule has 140 valence electrons. The predicted molar refractivity (Wildman–Crippen MR) is 99.0 cm³/mol. The number of hydrogen-bond acceptors (Lipinski definition) is 3. The Morgan fingerprint density at radius 2 is 2.00 bits per heavy atom. The fraction of sp³-hybridized carbons (Fsp3) is 0.619. The lowest BCUT2D eigenvalue weighted by molar-refractivity contribution is -0.122. The monoisotopic (exact) mass is 356 g/mol. The van der Waals surface area contributed by atoms with Crippen molar-refractivity contribution in [3.8, 4) is 0 Å². The van der Waals surface area contributed by atoms with Gasteiger partial charge in [0, 0.05) is 12.5 Å². The summed E-state index contributed by atoms with van der Waals surface area (Å²) in [5.41, 5.74) is 3.85. The lowest BCUT2D eigenvalue weighted by Crippen LogP contribution is -2.35. The molecule has 0 spiro atoms. The van der Waals surface area contributed by atoms with Crippen molar-refractivity contribution in [1.82, 2.24) is 10.2 Å². The molecule has 2 saturated carbocycles. The zero-order valence-electron chi connectivity index (χ0n) is 15.7. The summed E-state index contributed by atoms with van der Waals surface area (Å²) in [7, 11) is 0. The zero-order chi connectivity index (χ0) is 18.3. The standard InChI is InChI=1S/C21H28N2O3/c1-13-3-4-16(9-14(13)2)19(15-5-6-15)10-20(24)22-11-18-12-23(17-7-8-17)21(25)26-18/h3-4,9,15,17-19H,5-8,10-12H2,1-2H3,(H,22,24). The largest absolute Gasteiger partial charge is 0.442 e. The first kappa shape index (κ1) is 17.4. The van der Waals surface area contributed by atoms with Crippen LogP contribution in [0.2, 0.25) is 0 Å². The molecule has 2 atom stereocenters. The Hall–Kier alpha value is -2.04. The second kappa shape index (κ2) is 6.93. The Kier molecular flexibility index (Phi) is 4.63.